The lowest BCUT2D eigenvalue weighted by atomic mass is 10.2. The molecule has 0 radical (unpaired) electrons. The van der Waals surface area contributed by atoms with Crippen LogP contribution < -0.4 is 4.90 Å². The highest BCUT2D eigenvalue weighted by atomic mass is 35.5. The van der Waals surface area contributed by atoms with E-state index in [0.717, 1.165) is 20.5 Å². The number of halogens is 1. The number of carbonyl (C=O) groups is 3. The second-order valence-electron chi connectivity index (χ2n) is 7.40. The highest BCUT2D eigenvalue weighted by Crippen LogP contribution is 2.33. The van der Waals surface area contributed by atoms with Crippen LogP contribution in [0.2, 0.25) is 5.02 Å². The van der Waals surface area contributed by atoms with Crippen LogP contribution in [0.5, 0.6) is 0 Å². The standard InChI is InChI=1S/C23H19ClN2O6S2/c1-32-23(29)15-8-10-17(11-9-15)26-20(27)13-19(22(26)28)25(14-16-5-2-3-6-18(16)24)34(30,31)21-7-4-12-33-21/h2-12,19H,13-14H2,1H3. The van der Waals surface area contributed by atoms with Gasteiger partial charge < -0.3 is 4.74 Å². The van der Waals surface area contributed by atoms with Gasteiger partial charge >= 0.3 is 5.97 Å². The van der Waals surface area contributed by atoms with Crippen LogP contribution in [0.25, 0.3) is 0 Å². The lowest BCUT2D eigenvalue weighted by molar-refractivity contribution is -0.122. The Balaban J connectivity index is 1.71. The number of methoxy groups -OCH3 is 1. The van der Waals surface area contributed by atoms with E-state index >= 15 is 0 Å². The number of amides is 2. The van der Waals surface area contributed by atoms with Crippen molar-refractivity contribution in [2.45, 2.75) is 23.2 Å². The number of nitrogens with zero attached hydrogens (tertiary/aromatic N) is 2. The van der Waals surface area contributed by atoms with Gasteiger partial charge in [-0.1, -0.05) is 35.9 Å². The average molecular weight is 519 g/mol. The minimum Gasteiger partial charge on any atom is -0.465 e. The number of anilines is 1. The molecule has 2 aromatic carbocycles. The Morgan fingerprint density at radius 2 is 1.82 bits per heavy atom. The number of ether oxygens (including phenoxy) is 1. The maximum atomic E-state index is 13.5. The molecule has 0 saturated carbocycles. The zero-order valence-corrected chi connectivity index (χ0v) is 20.3. The highest BCUT2D eigenvalue weighted by Gasteiger charge is 2.47. The molecule has 176 valence electrons. The van der Waals surface area contributed by atoms with Crippen molar-refractivity contribution in [3.05, 3.63) is 82.2 Å². The molecule has 34 heavy (non-hydrogen) atoms. The van der Waals surface area contributed by atoms with Gasteiger partial charge in [-0.25, -0.2) is 18.1 Å². The highest BCUT2D eigenvalue weighted by molar-refractivity contribution is 7.91. The Morgan fingerprint density at radius 3 is 2.44 bits per heavy atom. The fraction of sp³-hybridized carbons (Fsp3) is 0.174. The molecule has 1 aromatic heterocycles. The summed E-state index contributed by atoms with van der Waals surface area (Å²) in [7, 11) is -2.86. The van der Waals surface area contributed by atoms with E-state index in [2.05, 4.69) is 4.74 Å². The molecule has 1 saturated heterocycles. The Bertz CT molecular complexity index is 1340. The smallest absolute Gasteiger partial charge is 0.337 e. The molecule has 2 heterocycles. The molecule has 1 unspecified atom stereocenters. The van der Waals surface area contributed by atoms with Crippen molar-refractivity contribution in [3.63, 3.8) is 0 Å². The predicted molar refractivity (Wildman–Crippen MR) is 127 cm³/mol. The minimum atomic E-state index is -4.11. The van der Waals surface area contributed by atoms with Crippen LogP contribution in [-0.4, -0.2) is 43.7 Å². The van der Waals surface area contributed by atoms with Crippen LogP contribution in [0, 0.1) is 0 Å². The molecule has 4 rings (SSSR count). The summed E-state index contributed by atoms with van der Waals surface area (Å²) in [6.45, 7) is -0.182. The number of hydrogen-bond acceptors (Lipinski definition) is 7. The molecule has 3 aromatic rings. The maximum absolute atomic E-state index is 13.5. The summed E-state index contributed by atoms with van der Waals surface area (Å²) in [5, 5.41) is 1.97. The molecule has 2 amide bonds. The van der Waals surface area contributed by atoms with Gasteiger partial charge in [-0.05, 0) is 47.3 Å². The Hall–Kier alpha value is -3.05. The molecular weight excluding hydrogens is 500 g/mol. The van der Waals surface area contributed by atoms with Gasteiger partial charge in [0.2, 0.25) is 5.91 Å². The number of thiophene rings is 1. The topological polar surface area (TPSA) is 101 Å². The largest absolute Gasteiger partial charge is 0.465 e. The predicted octanol–water partition coefficient (Wildman–Crippen LogP) is 3.71. The Labute approximate surface area is 205 Å². The zero-order chi connectivity index (χ0) is 24.5. The van der Waals surface area contributed by atoms with E-state index in [1.54, 1.807) is 35.7 Å². The number of imide groups is 1. The molecule has 11 heteroatoms. The van der Waals surface area contributed by atoms with Crippen molar-refractivity contribution in [2.75, 3.05) is 12.0 Å². The minimum absolute atomic E-state index is 0.0562. The maximum Gasteiger partial charge on any atom is 0.337 e. The van der Waals surface area contributed by atoms with Crippen LogP contribution in [0.3, 0.4) is 0 Å². The first-order valence-corrected chi connectivity index (χ1v) is 12.8. The van der Waals surface area contributed by atoms with E-state index in [0.29, 0.717) is 10.6 Å². The third-order valence-electron chi connectivity index (χ3n) is 5.36. The van der Waals surface area contributed by atoms with Crippen molar-refractivity contribution in [3.8, 4) is 0 Å². The monoisotopic (exact) mass is 518 g/mol. The number of sulfonamides is 1. The molecule has 1 atom stereocenters. The van der Waals surface area contributed by atoms with Crippen LogP contribution in [0.15, 0.2) is 70.3 Å². The van der Waals surface area contributed by atoms with Crippen molar-refractivity contribution >= 4 is 56.4 Å². The zero-order valence-electron chi connectivity index (χ0n) is 17.9. The summed E-state index contributed by atoms with van der Waals surface area (Å²) < 4.78 is 32.8. The van der Waals surface area contributed by atoms with Crippen LogP contribution in [-0.2, 0) is 30.9 Å². The summed E-state index contributed by atoms with van der Waals surface area (Å²) in [5.74, 6) is -1.79. The van der Waals surface area contributed by atoms with Crippen molar-refractivity contribution in [2.24, 2.45) is 0 Å². The van der Waals surface area contributed by atoms with E-state index in [9.17, 15) is 22.8 Å². The number of hydrogen-bond donors (Lipinski definition) is 0. The second-order valence-corrected chi connectivity index (χ2v) is 10.9. The molecule has 0 bridgehead atoms. The summed E-state index contributed by atoms with van der Waals surface area (Å²) in [4.78, 5) is 38.9. The third kappa shape index (κ3) is 4.49. The van der Waals surface area contributed by atoms with Gasteiger partial charge in [-0.3, -0.25) is 9.59 Å². The third-order valence-corrected chi connectivity index (χ3v) is 8.96. The van der Waals surface area contributed by atoms with Crippen LogP contribution >= 0.6 is 22.9 Å². The van der Waals surface area contributed by atoms with Crippen molar-refractivity contribution < 1.29 is 27.5 Å². The first-order valence-electron chi connectivity index (χ1n) is 10.1. The van der Waals surface area contributed by atoms with Gasteiger partial charge in [0.15, 0.2) is 0 Å². The molecule has 1 aliphatic heterocycles. The van der Waals surface area contributed by atoms with E-state index in [4.69, 9.17) is 11.6 Å². The van der Waals surface area contributed by atoms with Crippen molar-refractivity contribution in [1.82, 2.24) is 4.31 Å². The molecule has 8 nitrogen and oxygen atoms in total. The number of benzene rings is 2. The van der Waals surface area contributed by atoms with E-state index in [1.165, 1.54) is 37.4 Å². The van der Waals surface area contributed by atoms with Crippen LogP contribution in [0.1, 0.15) is 22.3 Å². The summed E-state index contributed by atoms with van der Waals surface area (Å²) in [6, 6.07) is 14.3. The van der Waals surface area contributed by atoms with E-state index in [1.807, 2.05) is 0 Å². The fourth-order valence-electron chi connectivity index (χ4n) is 3.66. The van der Waals surface area contributed by atoms with E-state index in [-0.39, 0.29) is 28.4 Å². The van der Waals surface area contributed by atoms with Gasteiger partial charge in [0, 0.05) is 11.6 Å². The summed E-state index contributed by atoms with van der Waals surface area (Å²) in [6.07, 6.45) is -0.327. The van der Waals surface area contributed by atoms with Gasteiger partial charge in [0.1, 0.15) is 10.3 Å². The number of carbonyl (C=O) groups excluding carboxylic acids is 3. The van der Waals surface area contributed by atoms with Gasteiger partial charge in [0.25, 0.3) is 15.9 Å². The first-order chi connectivity index (χ1) is 16.2. The quantitative estimate of drug-likeness (QED) is 0.349. The van der Waals surface area contributed by atoms with Gasteiger partial charge in [-0.2, -0.15) is 4.31 Å². The van der Waals surface area contributed by atoms with E-state index < -0.39 is 33.8 Å². The first kappa shape index (κ1) is 24.1. The Kier molecular flexibility index (Phi) is 6.85. The number of rotatable bonds is 7. The lowest BCUT2D eigenvalue weighted by Crippen LogP contribution is -2.44. The normalized spacial score (nSPS) is 16.3. The van der Waals surface area contributed by atoms with Crippen molar-refractivity contribution in [1.29, 1.82) is 0 Å². The molecule has 1 aliphatic rings. The number of esters is 1. The average Bonchev–Trinajstić information content (AvgIpc) is 3.47. The molecule has 0 spiro atoms. The second kappa shape index (κ2) is 9.67. The molecule has 0 N–H and O–H groups in total. The molecule has 0 aliphatic carbocycles. The Morgan fingerprint density at radius 1 is 1.12 bits per heavy atom. The molecular formula is C23H19ClN2O6S2. The lowest BCUT2D eigenvalue weighted by Gasteiger charge is -2.26. The van der Waals surface area contributed by atoms with Gasteiger partial charge in [0.05, 0.1) is 24.8 Å². The van der Waals surface area contributed by atoms with Gasteiger partial charge in [-0.15, -0.1) is 11.3 Å². The SMILES string of the molecule is COC(=O)c1ccc(N2C(=O)CC(N(Cc3ccccc3Cl)S(=O)(=O)c3cccs3)C2=O)cc1. The van der Waals surface area contributed by atoms with Crippen LogP contribution in [0.4, 0.5) is 5.69 Å². The summed E-state index contributed by atoms with van der Waals surface area (Å²) in [5.41, 5.74) is 0.990. The summed E-state index contributed by atoms with van der Waals surface area (Å²) >= 11 is 7.29. The molecule has 1 fully saturated rings. The fourth-order valence-corrected chi connectivity index (χ4v) is 6.53.